The summed E-state index contributed by atoms with van der Waals surface area (Å²) >= 11 is 3.50. The van der Waals surface area contributed by atoms with E-state index in [9.17, 15) is 4.79 Å². The fourth-order valence-electron chi connectivity index (χ4n) is 1.18. The fourth-order valence-corrected chi connectivity index (χ4v) is 3.31. The molecule has 0 aromatic carbocycles. The van der Waals surface area contributed by atoms with Crippen LogP contribution in [0.4, 0.5) is 0 Å². The van der Waals surface area contributed by atoms with Gasteiger partial charge in [0, 0.05) is 11.0 Å². The van der Waals surface area contributed by atoms with Gasteiger partial charge in [-0.2, -0.15) is 0 Å². The van der Waals surface area contributed by atoms with E-state index in [0.29, 0.717) is 0 Å². The average molecular weight is 256 g/mol. The minimum absolute atomic E-state index is 0.898. The van der Waals surface area contributed by atoms with E-state index >= 15 is 0 Å². The predicted octanol–water partition coefficient (Wildman–Crippen LogP) is 4.13. The van der Waals surface area contributed by atoms with Gasteiger partial charge in [0.2, 0.25) is 0 Å². The van der Waals surface area contributed by atoms with Gasteiger partial charge in [0.1, 0.15) is 0 Å². The van der Waals surface area contributed by atoms with E-state index in [1.54, 1.807) is 17.4 Å². The Bertz CT molecular complexity index is 356. The lowest BCUT2D eigenvalue weighted by atomic mass is 10.3. The summed E-state index contributed by atoms with van der Waals surface area (Å²) < 4.78 is 1.26. The van der Waals surface area contributed by atoms with Crippen molar-refractivity contribution in [1.82, 2.24) is 0 Å². The van der Waals surface area contributed by atoms with Gasteiger partial charge in [0.05, 0.1) is 4.21 Å². The molecule has 0 saturated carbocycles. The molecule has 4 heteroatoms. The molecule has 88 valence electrons. The van der Waals surface area contributed by atoms with Gasteiger partial charge in [0.25, 0.3) is 0 Å². The fraction of sp³-hybridized carbons (Fsp3) is 0.417. The molecule has 0 bridgehead atoms. The summed E-state index contributed by atoms with van der Waals surface area (Å²) in [6, 6.07) is 4.02. The van der Waals surface area contributed by atoms with Crippen molar-refractivity contribution in [2.45, 2.75) is 30.4 Å². The van der Waals surface area contributed by atoms with Crippen LogP contribution in [-0.2, 0) is 4.79 Å². The van der Waals surface area contributed by atoms with Gasteiger partial charge in [-0.3, -0.25) is 0 Å². The lowest BCUT2D eigenvalue weighted by Gasteiger charge is -1.96. The smallest absolute Gasteiger partial charge is 0.328 e. The number of rotatable bonds is 7. The Balaban J connectivity index is 2.36. The number of aliphatic carboxylic acids is 1. The zero-order valence-corrected chi connectivity index (χ0v) is 10.9. The van der Waals surface area contributed by atoms with Crippen molar-refractivity contribution in [2.75, 3.05) is 5.75 Å². The Hall–Kier alpha value is -0.740. The highest BCUT2D eigenvalue weighted by molar-refractivity contribution is 8.01. The number of carbonyl (C=O) groups is 1. The first-order valence-electron chi connectivity index (χ1n) is 5.36. The van der Waals surface area contributed by atoms with Gasteiger partial charge in [0.15, 0.2) is 0 Å². The van der Waals surface area contributed by atoms with Gasteiger partial charge in [-0.25, -0.2) is 4.79 Å². The largest absolute Gasteiger partial charge is 0.478 e. The lowest BCUT2D eigenvalue weighted by Crippen LogP contribution is -1.84. The standard InChI is InChI=1S/C12H16O2S2/c1-2-3-4-9-15-12-8-6-10(16-12)5-7-11(13)14/h5-8H,2-4,9H2,1H3,(H,13,14)/b7-5+. The number of carboxylic acids is 1. The van der Waals surface area contributed by atoms with Gasteiger partial charge >= 0.3 is 5.97 Å². The molecule has 0 radical (unpaired) electrons. The Morgan fingerprint density at radius 2 is 2.31 bits per heavy atom. The Kier molecular flexibility index (Phi) is 6.26. The van der Waals surface area contributed by atoms with E-state index in [0.717, 1.165) is 10.6 Å². The lowest BCUT2D eigenvalue weighted by molar-refractivity contribution is -0.131. The molecular weight excluding hydrogens is 240 g/mol. The summed E-state index contributed by atoms with van der Waals surface area (Å²) in [6.45, 7) is 2.20. The molecule has 0 aliphatic carbocycles. The van der Waals surface area contributed by atoms with Crippen molar-refractivity contribution in [1.29, 1.82) is 0 Å². The maximum absolute atomic E-state index is 10.3. The normalized spacial score (nSPS) is 11.1. The third-order valence-corrected chi connectivity index (χ3v) is 4.35. The average Bonchev–Trinajstić information content (AvgIpc) is 2.70. The van der Waals surface area contributed by atoms with Crippen LogP contribution in [0.1, 0.15) is 31.1 Å². The first-order valence-corrected chi connectivity index (χ1v) is 7.16. The maximum Gasteiger partial charge on any atom is 0.328 e. The van der Waals surface area contributed by atoms with Gasteiger partial charge < -0.3 is 5.11 Å². The molecule has 1 aromatic heterocycles. The predicted molar refractivity (Wildman–Crippen MR) is 71.2 cm³/mol. The molecule has 1 N–H and O–H groups in total. The van der Waals surface area contributed by atoms with Crippen LogP contribution in [0.5, 0.6) is 0 Å². The molecule has 0 aliphatic heterocycles. The second kappa shape index (κ2) is 7.52. The summed E-state index contributed by atoms with van der Waals surface area (Å²) in [5, 5.41) is 8.49. The Morgan fingerprint density at radius 3 is 3.00 bits per heavy atom. The topological polar surface area (TPSA) is 37.3 Å². The van der Waals surface area contributed by atoms with E-state index in [-0.39, 0.29) is 0 Å². The van der Waals surface area contributed by atoms with E-state index in [4.69, 9.17) is 5.11 Å². The van der Waals surface area contributed by atoms with Crippen molar-refractivity contribution in [3.63, 3.8) is 0 Å². The van der Waals surface area contributed by atoms with Crippen LogP contribution < -0.4 is 0 Å². The van der Waals surface area contributed by atoms with Gasteiger partial charge in [-0.1, -0.05) is 19.8 Å². The molecule has 0 amide bonds. The highest BCUT2D eigenvalue weighted by atomic mass is 32.2. The second-order valence-electron chi connectivity index (χ2n) is 3.38. The first kappa shape index (κ1) is 13.3. The molecule has 0 saturated heterocycles. The minimum Gasteiger partial charge on any atom is -0.478 e. The highest BCUT2D eigenvalue weighted by Crippen LogP contribution is 2.28. The summed E-state index contributed by atoms with van der Waals surface area (Å²) in [5.41, 5.74) is 0. The third-order valence-electron chi connectivity index (χ3n) is 1.98. The van der Waals surface area contributed by atoms with Crippen LogP contribution in [-0.4, -0.2) is 16.8 Å². The highest BCUT2D eigenvalue weighted by Gasteiger charge is 1.98. The Labute approximate surface area is 104 Å². The molecule has 0 fully saturated rings. The quantitative estimate of drug-likeness (QED) is 0.453. The first-order chi connectivity index (χ1) is 7.72. The number of thioether (sulfide) groups is 1. The van der Waals surface area contributed by atoms with Gasteiger partial charge in [-0.05, 0) is 30.4 Å². The Morgan fingerprint density at radius 1 is 1.50 bits per heavy atom. The summed E-state index contributed by atoms with van der Waals surface area (Å²) in [4.78, 5) is 11.3. The third kappa shape index (κ3) is 5.37. The number of unbranched alkanes of at least 4 members (excludes halogenated alkanes) is 2. The van der Waals surface area contributed by atoms with Crippen molar-refractivity contribution < 1.29 is 9.90 Å². The maximum atomic E-state index is 10.3. The number of hydrogen-bond acceptors (Lipinski definition) is 3. The monoisotopic (exact) mass is 256 g/mol. The van der Waals surface area contributed by atoms with Crippen LogP contribution in [0, 0.1) is 0 Å². The summed E-state index contributed by atoms with van der Waals surface area (Å²) in [6.07, 6.45) is 6.60. The molecular formula is C12H16O2S2. The van der Waals surface area contributed by atoms with Crippen molar-refractivity contribution in [3.8, 4) is 0 Å². The molecule has 16 heavy (non-hydrogen) atoms. The molecule has 0 atom stereocenters. The SMILES string of the molecule is CCCCCSc1ccc(/C=C/C(=O)O)s1. The van der Waals surface area contributed by atoms with Crippen molar-refractivity contribution in [2.24, 2.45) is 0 Å². The van der Waals surface area contributed by atoms with E-state index in [1.165, 1.54) is 29.5 Å². The molecule has 0 unspecified atom stereocenters. The van der Waals surface area contributed by atoms with Crippen LogP contribution in [0.25, 0.3) is 6.08 Å². The zero-order chi connectivity index (χ0) is 11.8. The molecule has 1 aromatic rings. The number of carboxylic acid groups (broad SMARTS) is 1. The second-order valence-corrected chi connectivity index (χ2v) is 5.89. The van der Waals surface area contributed by atoms with Crippen LogP contribution in [0.15, 0.2) is 22.4 Å². The van der Waals surface area contributed by atoms with Gasteiger partial charge in [-0.15, -0.1) is 23.1 Å². The summed E-state index contributed by atoms with van der Waals surface area (Å²) in [7, 11) is 0. The minimum atomic E-state index is -0.898. The molecule has 1 rings (SSSR count). The van der Waals surface area contributed by atoms with E-state index < -0.39 is 5.97 Å². The molecule has 2 nitrogen and oxygen atoms in total. The van der Waals surface area contributed by atoms with Crippen molar-refractivity contribution >= 4 is 35.1 Å². The van der Waals surface area contributed by atoms with Crippen LogP contribution in [0.2, 0.25) is 0 Å². The number of thiophene rings is 1. The zero-order valence-electron chi connectivity index (χ0n) is 9.31. The molecule has 0 spiro atoms. The van der Waals surface area contributed by atoms with Crippen molar-refractivity contribution in [3.05, 3.63) is 23.1 Å². The van der Waals surface area contributed by atoms with Crippen LogP contribution >= 0.6 is 23.1 Å². The number of hydrogen-bond donors (Lipinski definition) is 1. The van der Waals surface area contributed by atoms with Crippen LogP contribution in [0.3, 0.4) is 0 Å². The molecule has 1 heterocycles. The summed E-state index contributed by atoms with van der Waals surface area (Å²) in [5.74, 6) is 0.252. The van der Waals surface area contributed by atoms with E-state index in [1.807, 2.05) is 17.8 Å². The van der Waals surface area contributed by atoms with E-state index in [2.05, 4.69) is 13.0 Å². The molecule has 0 aliphatic rings.